The van der Waals surface area contributed by atoms with Crippen LogP contribution < -0.4 is 10.2 Å². The second-order valence-electron chi connectivity index (χ2n) is 6.61. The van der Waals surface area contributed by atoms with Crippen LogP contribution >= 0.6 is 12.2 Å². The molecule has 0 aromatic heterocycles. The summed E-state index contributed by atoms with van der Waals surface area (Å²) in [6.45, 7) is 7.69. The fourth-order valence-corrected chi connectivity index (χ4v) is 3.39. The lowest BCUT2D eigenvalue weighted by Gasteiger charge is -2.42. The Balaban J connectivity index is 1.54. The first-order valence-electron chi connectivity index (χ1n) is 8.63. The maximum Gasteiger partial charge on any atom is 0.169 e. The molecule has 1 unspecified atom stereocenters. The van der Waals surface area contributed by atoms with Gasteiger partial charge in [0.25, 0.3) is 0 Å². The second-order valence-corrected chi connectivity index (χ2v) is 7.00. The molecular formula is C20H24FN3S. The number of nitrogens with zero attached hydrogens (tertiary/aromatic N) is 2. The van der Waals surface area contributed by atoms with E-state index < -0.39 is 0 Å². The summed E-state index contributed by atoms with van der Waals surface area (Å²) in [5.74, 6) is -0.215. The van der Waals surface area contributed by atoms with Crippen LogP contribution in [0.15, 0.2) is 48.5 Å². The average molecular weight is 357 g/mol. The van der Waals surface area contributed by atoms with E-state index in [1.54, 1.807) is 12.1 Å². The molecule has 1 aliphatic heterocycles. The second kappa shape index (κ2) is 7.83. The molecule has 2 aromatic rings. The minimum absolute atomic E-state index is 0.215. The number of benzene rings is 2. The highest BCUT2D eigenvalue weighted by Gasteiger charge is 2.25. The van der Waals surface area contributed by atoms with E-state index >= 15 is 0 Å². The summed E-state index contributed by atoms with van der Waals surface area (Å²) in [5.41, 5.74) is 3.57. The largest absolute Gasteiger partial charge is 0.365 e. The molecular weight excluding hydrogens is 333 g/mol. The van der Waals surface area contributed by atoms with Gasteiger partial charge in [-0.2, -0.15) is 0 Å². The van der Waals surface area contributed by atoms with Crippen molar-refractivity contribution in [2.75, 3.05) is 24.5 Å². The molecule has 0 radical (unpaired) electrons. The Morgan fingerprint density at radius 1 is 1.12 bits per heavy atom. The van der Waals surface area contributed by atoms with Gasteiger partial charge in [-0.15, -0.1) is 0 Å². The van der Waals surface area contributed by atoms with Crippen LogP contribution in [-0.2, 0) is 6.54 Å². The lowest BCUT2D eigenvalue weighted by atomic mass is 10.1. The molecule has 0 amide bonds. The fourth-order valence-electron chi connectivity index (χ4n) is 3.15. The van der Waals surface area contributed by atoms with Gasteiger partial charge in [0, 0.05) is 37.9 Å². The van der Waals surface area contributed by atoms with Crippen molar-refractivity contribution < 1.29 is 4.39 Å². The quantitative estimate of drug-likeness (QED) is 0.844. The third-order valence-electron chi connectivity index (χ3n) is 4.64. The summed E-state index contributed by atoms with van der Waals surface area (Å²) in [5, 5.41) is 4.05. The van der Waals surface area contributed by atoms with Crippen LogP contribution in [0.25, 0.3) is 0 Å². The molecule has 1 aliphatic rings. The Labute approximate surface area is 154 Å². The summed E-state index contributed by atoms with van der Waals surface area (Å²) in [6.07, 6.45) is 0. The Hall–Kier alpha value is -2.14. The number of aryl methyl sites for hydroxylation is 1. The van der Waals surface area contributed by atoms with E-state index in [-0.39, 0.29) is 5.82 Å². The molecule has 1 N–H and O–H groups in total. The minimum Gasteiger partial charge on any atom is -0.365 e. The van der Waals surface area contributed by atoms with E-state index in [1.807, 2.05) is 0 Å². The minimum atomic E-state index is -0.215. The van der Waals surface area contributed by atoms with Gasteiger partial charge < -0.3 is 15.1 Å². The molecule has 3 rings (SSSR count). The highest BCUT2D eigenvalue weighted by molar-refractivity contribution is 7.80. The molecule has 3 nitrogen and oxygen atoms in total. The molecule has 1 heterocycles. The lowest BCUT2D eigenvalue weighted by molar-refractivity contribution is 0.334. The maximum atomic E-state index is 13.0. The standard InChI is InChI=1S/C20H24FN3S/c1-15-3-9-19(10-4-15)24-12-11-23(14-16(24)2)20(25)22-13-17-5-7-18(21)8-6-17/h3-10,16H,11-14H2,1-2H3,(H,22,25). The van der Waals surface area contributed by atoms with Gasteiger partial charge in [-0.05, 0) is 55.9 Å². The van der Waals surface area contributed by atoms with Crippen molar-refractivity contribution in [2.24, 2.45) is 0 Å². The van der Waals surface area contributed by atoms with Crippen LogP contribution in [0.3, 0.4) is 0 Å². The predicted octanol–water partition coefficient (Wildman–Crippen LogP) is 3.72. The third-order valence-corrected chi connectivity index (χ3v) is 5.04. The Bertz CT molecular complexity index is 715. The highest BCUT2D eigenvalue weighted by atomic mass is 32.1. The van der Waals surface area contributed by atoms with Crippen LogP contribution in [-0.4, -0.2) is 35.7 Å². The van der Waals surface area contributed by atoms with Gasteiger partial charge in [0.1, 0.15) is 5.82 Å². The van der Waals surface area contributed by atoms with Crippen molar-refractivity contribution in [3.05, 3.63) is 65.5 Å². The molecule has 0 saturated carbocycles. The van der Waals surface area contributed by atoms with Gasteiger partial charge >= 0.3 is 0 Å². The van der Waals surface area contributed by atoms with Gasteiger partial charge in [-0.1, -0.05) is 29.8 Å². The first-order chi connectivity index (χ1) is 12.0. The molecule has 5 heteroatoms. The van der Waals surface area contributed by atoms with Crippen LogP contribution in [0.1, 0.15) is 18.1 Å². The molecule has 0 bridgehead atoms. The topological polar surface area (TPSA) is 18.5 Å². The molecule has 1 fully saturated rings. The number of piperazine rings is 1. The van der Waals surface area contributed by atoms with Crippen molar-refractivity contribution in [2.45, 2.75) is 26.4 Å². The zero-order chi connectivity index (χ0) is 17.8. The summed E-state index contributed by atoms with van der Waals surface area (Å²) in [7, 11) is 0. The molecule has 1 atom stereocenters. The lowest BCUT2D eigenvalue weighted by Crippen LogP contribution is -2.55. The number of halogens is 1. The number of rotatable bonds is 3. The van der Waals surface area contributed by atoms with E-state index in [0.717, 1.165) is 30.3 Å². The maximum absolute atomic E-state index is 13.0. The zero-order valence-electron chi connectivity index (χ0n) is 14.7. The molecule has 1 saturated heterocycles. The predicted molar refractivity (Wildman–Crippen MR) is 105 cm³/mol. The van der Waals surface area contributed by atoms with Crippen LogP contribution in [0.5, 0.6) is 0 Å². The van der Waals surface area contributed by atoms with Crippen LogP contribution in [0.4, 0.5) is 10.1 Å². The monoisotopic (exact) mass is 357 g/mol. The number of hydrogen-bond donors (Lipinski definition) is 1. The van der Waals surface area contributed by atoms with Gasteiger partial charge in [0.15, 0.2) is 5.11 Å². The first kappa shape index (κ1) is 17.7. The normalized spacial score (nSPS) is 17.5. The van der Waals surface area contributed by atoms with Crippen molar-refractivity contribution in [1.29, 1.82) is 0 Å². The number of hydrogen-bond acceptors (Lipinski definition) is 2. The zero-order valence-corrected chi connectivity index (χ0v) is 15.5. The third kappa shape index (κ3) is 4.48. The Morgan fingerprint density at radius 3 is 2.44 bits per heavy atom. The summed E-state index contributed by atoms with van der Waals surface area (Å²) < 4.78 is 13.0. The SMILES string of the molecule is Cc1ccc(N2CCN(C(=S)NCc3ccc(F)cc3)CC2C)cc1. The molecule has 132 valence electrons. The van der Waals surface area contributed by atoms with E-state index in [2.05, 4.69) is 53.2 Å². The van der Waals surface area contributed by atoms with E-state index in [1.165, 1.54) is 23.4 Å². The Morgan fingerprint density at radius 2 is 1.80 bits per heavy atom. The molecule has 25 heavy (non-hydrogen) atoms. The van der Waals surface area contributed by atoms with E-state index in [0.29, 0.717) is 12.6 Å². The molecule has 2 aromatic carbocycles. The summed E-state index contributed by atoms with van der Waals surface area (Å²) >= 11 is 5.55. The average Bonchev–Trinajstić information content (AvgIpc) is 2.62. The number of nitrogens with one attached hydrogen (secondary N) is 1. The smallest absolute Gasteiger partial charge is 0.169 e. The highest BCUT2D eigenvalue weighted by Crippen LogP contribution is 2.21. The fraction of sp³-hybridized carbons (Fsp3) is 0.350. The van der Waals surface area contributed by atoms with Crippen molar-refractivity contribution in [3.8, 4) is 0 Å². The van der Waals surface area contributed by atoms with Crippen LogP contribution in [0.2, 0.25) is 0 Å². The van der Waals surface area contributed by atoms with Gasteiger partial charge in [-0.3, -0.25) is 0 Å². The summed E-state index contributed by atoms with van der Waals surface area (Å²) in [6, 6.07) is 15.6. The number of thiocarbonyl (C=S) groups is 1. The summed E-state index contributed by atoms with van der Waals surface area (Å²) in [4.78, 5) is 4.65. The van der Waals surface area contributed by atoms with Crippen molar-refractivity contribution >= 4 is 23.0 Å². The van der Waals surface area contributed by atoms with Crippen LogP contribution in [0, 0.1) is 12.7 Å². The Kier molecular flexibility index (Phi) is 5.53. The van der Waals surface area contributed by atoms with E-state index in [9.17, 15) is 4.39 Å². The molecule has 0 aliphatic carbocycles. The van der Waals surface area contributed by atoms with Gasteiger partial charge in [-0.25, -0.2) is 4.39 Å². The van der Waals surface area contributed by atoms with Gasteiger partial charge in [0.05, 0.1) is 0 Å². The van der Waals surface area contributed by atoms with Crippen molar-refractivity contribution in [1.82, 2.24) is 10.2 Å². The number of anilines is 1. The molecule has 0 spiro atoms. The van der Waals surface area contributed by atoms with E-state index in [4.69, 9.17) is 12.2 Å². The first-order valence-corrected chi connectivity index (χ1v) is 9.04. The van der Waals surface area contributed by atoms with Crippen molar-refractivity contribution in [3.63, 3.8) is 0 Å². The van der Waals surface area contributed by atoms with Gasteiger partial charge in [0.2, 0.25) is 0 Å².